The second-order valence-electron chi connectivity index (χ2n) is 4.53. The Kier molecular flexibility index (Phi) is 2.90. The average molecular weight is 275 g/mol. The highest BCUT2D eigenvalue weighted by molar-refractivity contribution is 7.22. The van der Waals surface area contributed by atoms with E-state index in [-0.39, 0.29) is 11.8 Å². The zero-order valence-corrected chi connectivity index (χ0v) is 11.2. The summed E-state index contributed by atoms with van der Waals surface area (Å²) in [5.41, 5.74) is 0.917. The second kappa shape index (κ2) is 5.01. The summed E-state index contributed by atoms with van der Waals surface area (Å²) in [6.45, 7) is 5.04. The third kappa shape index (κ3) is 2.33. The molecule has 2 heterocycles. The van der Waals surface area contributed by atoms with E-state index in [1.54, 1.807) is 17.4 Å². The van der Waals surface area contributed by atoms with Crippen LogP contribution < -0.4 is 10.2 Å². The molecular weight excluding hydrogens is 258 g/mol. The lowest BCUT2D eigenvalue weighted by molar-refractivity contribution is -0.123. The maximum atomic E-state index is 11.8. The number of carbonyl (C=O) groups excluding carboxylic acids is 1. The number of hydrogen-bond acceptors (Lipinski definition) is 4. The molecule has 1 unspecified atom stereocenters. The second-order valence-corrected chi connectivity index (χ2v) is 5.54. The third-order valence-corrected chi connectivity index (χ3v) is 4.37. The SMILES string of the molecule is [3H]c1ccc2nc(N3CCC(C(=O)NC=C)C3)sc2c1. The summed E-state index contributed by atoms with van der Waals surface area (Å²) in [5.74, 6) is 0.0174. The molecule has 1 N–H and O–H groups in total. The quantitative estimate of drug-likeness (QED) is 0.935. The van der Waals surface area contributed by atoms with E-state index in [2.05, 4.69) is 21.8 Å². The predicted octanol–water partition coefficient (Wildman–Crippen LogP) is 2.38. The van der Waals surface area contributed by atoms with Crippen molar-refractivity contribution in [3.05, 3.63) is 37.0 Å². The van der Waals surface area contributed by atoms with Crippen molar-refractivity contribution < 1.29 is 6.17 Å². The first kappa shape index (κ1) is 11.0. The highest BCUT2D eigenvalue weighted by Gasteiger charge is 2.29. The minimum Gasteiger partial charge on any atom is -0.347 e. The van der Waals surface area contributed by atoms with Crippen LogP contribution in [0.2, 0.25) is 0 Å². The van der Waals surface area contributed by atoms with Gasteiger partial charge in [0.25, 0.3) is 0 Å². The molecule has 19 heavy (non-hydrogen) atoms. The van der Waals surface area contributed by atoms with Crippen LogP contribution in [-0.2, 0) is 4.79 Å². The van der Waals surface area contributed by atoms with Gasteiger partial charge in [-0.05, 0) is 24.8 Å². The average Bonchev–Trinajstić information content (AvgIpc) is 3.04. The van der Waals surface area contributed by atoms with Gasteiger partial charge in [0.05, 0.1) is 17.5 Å². The Hall–Kier alpha value is -1.88. The number of aromatic nitrogens is 1. The molecule has 0 bridgehead atoms. The molecule has 1 atom stereocenters. The van der Waals surface area contributed by atoms with E-state index in [1.165, 1.54) is 6.20 Å². The summed E-state index contributed by atoms with van der Waals surface area (Å²) in [4.78, 5) is 18.5. The Morgan fingerprint density at radius 1 is 1.68 bits per heavy atom. The molecule has 0 radical (unpaired) electrons. The van der Waals surface area contributed by atoms with Gasteiger partial charge in [0.1, 0.15) is 0 Å². The van der Waals surface area contributed by atoms with Gasteiger partial charge in [0.2, 0.25) is 5.91 Å². The molecule has 1 aromatic carbocycles. The Balaban J connectivity index is 1.79. The summed E-state index contributed by atoms with van der Waals surface area (Å²) in [7, 11) is 0. The van der Waals surface area contributed by atoms with Gasteiger partial charge < -0.3 is 10.2 Å². The molecule has 1 aliphatic heterocycles. The highest BCUT2D eigenvalue weighted by Crippen LogP contribution is 2.31. The minimum absolute atomic E-state index is 0.00764. The zero-order chi connectivity index (χ0) is 14.1. The predicted molar refractivity (Wildman–Crippen MR) is 78.3 cm³/mol. The zero-order valence-electron chi connectivity index (χ0n) is 11.4. The standard InChI is InChI=1S/C14H15N3OS/c1-2-15-13(18)10-7-8-17(9-10)14-16-11-5-3-4-6-12(11)19-14/h2-6,10H,1,7-9H2,(H,15,18)/i4T. The number of hydrogen-bond donors (Lipinski definition) is 1. The first-order valence-electron chi connectivity index (χ1n) is 6.71. The number of anilines is 1. The lowest BCUT2D eigenvalue weighted by atomic mass is 10.1. The number of thiazole rings is 1. The van der Waals surface area contributed by atoms with Crippen molar-refractivity contribution >= 4 is 32.6 Å². The van der Waals surface area contributed by atoms with E-state index in [0.717, 1.165) is 28.3 Å². The van der Waals surface area contributed by atoms with Gasteiger partial charge in [0.15, 0.2) is 5.13 Å². The number of benzene rings is 1. The van der Waals surface area contributed by atoms with Crippen LogP contribution in [0.15, 0.2) is 37.0 Å². The summed E-state index contributed by atoms with van der Waals surface area (Å²) in [6.07, 6.45) is 2.26. The monoisotopic (exact) mass is 275 g/mol. The molecule has 0 spiro atoms. The minimum atomic E-state index is -0.00764. The van der Waals surface area contributed by atoms with Crippen molar-refractivity contribution in [3.63, 3.8) is 0 Å². The van der Waals surface area contributed by atoms with Crippen LogP contribution in [0.25, 0.3) is 10.2 Å². The largest absolute Gasteiger partial charge is 0.347 e. The van der Waals surface area contributed by atoms with Crippen LogP contribution in [0, 0.1) is 5.92 Å². The normalized spacial score (nSPS) is 19.5. The van der Waals surface area contributed by atoms with Crippen LogP contribution >= 0.6 is 11.3 Å². The number of para-hydroxylation sites is 1. The van der Waals surface area contributed by atoms with Crippen molar-refractivity contribution in [2.24, 2.45) is 5.92 Å². The fourth-order valence-corrected chi connectivity index (χ4v) is 3.29. The molecule has 0 aliphatic carbocycles. The Morgan fingerprint density at radius 2 is 2.58 bits per heavy atom. The summed E-state index contributed by atoms with van der Waals surface area (Å²) in [6, 6.07) is 5.94. The summed E-state index contributed by atoms with van der Waals surface area (Å²) >= 11 is 1.58. The van der Waals surface area contributed by atoms with E-state index in [9.17, 15) is 4.79 Å². The molecule has 5 heteroatoms. The highest BCUT2D eigenvalue weighted by atomic mass is 32.1. The van der Waals surface area contributed by atoms with Crippen molar-refractivity contribution in [1.82, 2.24) is 10.3 Å². The van der Waals surface area contributed by atoms with E-state index in [4.69, 9.17) is 1.37 Å². The van der Waals surface area contributed by atoms with Gasteiger partial charge in [-0.25, -0.2) is 4.98 Å². The molecular formula is C14H15N3OS. The Bertz CT molecular complexity index is 669. The van der Waals surface area contributed by atoms with Gasteiger partial charge >= 0.3 is 0 Å². The topological polar surface area (TPSA) is 45.2 Å². The number of amides is 1. The van der Waals surface area contributed by atoms with Gasteiger partial charge in [-0.3, -0.25) is 4.79 Å². The number of carbonyl (C=O) groups is 1. The Morgan fingerprint density at radius 3 is 3.42 bits per heavy atom. The van der Waals surface area contributed by atoms with Crippen LogP contribution in [-0.4, -0.2) is 24.0 Å². The van der Waals surface area contributed by atoms with Crippen molar-refractivity contribution in [2.75, 3.05) is 18.0 Å². The van der Waals surface area contributed by atoms with Crippen molar-refractivity contribution in [3.8, 4) is 0 Å². The summed E-state index contributed by atoms with van der Waals surface area (Å²) in [5, 5.41) is 3.58. The maximum absolute atomic E-state index is 11.8. The van der Waals surface area contributed by atoms with Crippen LogP contribution in [0.3, 0.4) is 0 Å². The first-order chi connectivity index (χ1) is 9.67. The van der Waals surface area contributed by atoms with Crippen LogP contribution in [0.4, 0.5) is 5.13 Å². The molecule has 4 nitrogen and oxygen atoms in total. The number of nitrogens with zero attached hydrogens (tertiary/aromatic N) is 2. The molecule has 1 aromatic heterocycles. The van der Waals surface area contributed by atoms with E-state index >= 15 is 0 Å². The number of fused-ring (bicyclic) bond motifs is 1. The van der Waals surface area contributed by atoms with Gasteiger partial charge in [-0.15, -0.1) is 0 Å². The lowest BCUT2D eigenvalue weighted by Crippen LogP contribution is -2.29. The number of nitrogens with one attached hydrogen (secondary N) is 1. The molecule has 1 saturated heterocycles. The molecule has 0 saturated carbocycles. The fraction of sp³-hybridized carbons (Fsp3) is 0.286. The van der Waals surface area contributed by atoms with E-state index in [1.807, 2.05) is 12.1 Å². The first-order valence-corrected chi connectivity index (χ1v) is 7.02. The molecule has 2 aromatic rings. The van der Waals surface area contributed by atoms with Crippen molar-refractivity contribution in [1.29, 1.82) is 0 Å². The Labute approximate surface area is 117 Å². The molecule has 3 rings (SSSR count). The van der Waals surface area contributed by atoms with Crippen molar-refractivity contribution in [2.45, 2.75) is 6.42 Å². The molecule has 1 amide bonds. The molecule has 1 aliphatic rings. The smallest absolute Gasteiger partial charge is 0.228 e. The van der Waals surface area contributed by atoms with Gasteiger partial charge in [-0.1, -0.05) is 30.0 Å². The van der Waals surface area contributed by atoms with E-state index < -0.39 is 0 Å². The van der Waals surface area contributed by atoms with Crippen LogP contribution in [0.1, 0.15) is 7.79 Å². The summed E-state index contributed by atoms with van der Waals surface area (Å²) < 4.78 is 8.65. The lowest BCUT2D eigenvalue weighted by Gasteiger charge is -2.14. The third-order valence-electron chi connectivity index (χ3n) is 3.30. The van der Waals surface area contributed by atoms with Gasteiger partial charge in [-0.2, -0.15) is 0 Å². The van der Waals surface area contributed by atoms with Crippen LogP contribution in [0.5, 0.6) is 0 Å². The molecule has 98 valence electrons. The van der Waals surface area contributed by atoms with Gasteiger partial charge in [0, 0.05) is 13.1 Å². The fourth-order valence-electron chi connectivity index (χ4n) is 2.31. The van der Waals surface area contributed by atoms with E-state index in [0.29, 0.717) is 12.6 Å². The maximum Gasteiger partial charge on any atom is 0.228 e. The molecule has 1 fully saturated rings. The number of rotatable bonds is 3.